The van der Waals surface area contributed by atoms with Crippen molar-refractivity contribution in [2.45, 2.75) is 44.6 Å². The number of ether oxygens (including phenoxy) is 1. The molecule has 31 heavy (non-hydrogen) atoms. The van der Waals surface area contributed by atoms with E-state index < -0.39 is 0 Å². The van der Waals surface area contributed by atoms with Gasteiger partial charge in [0, 0.05) is 26.1 Å². The van der Waals surface area contributed by atoms with Crippen molar-refractivity contribution < 1.29 is 14.3 Å². The lowest BCUT2D eigenvalue weighted by Crippen LogP contribution is -2.46. The first kappa shape index (κ1) is 21.4. The Morgan fingerprint density at radius 3 is 2.45 bits per heavy atom. The highest BCUT2D eigenvalue weighted by Crippen LogP contribution is 2.32. The maximum Gasteiger partial charge on any atom is 0.257 e. The fourth-order valence-electron chi connectivity index (χ4n) is 4.25. The average molecular weight is 421 g/mol. The first-order chi connectivity index (χ1) is 15.1. The van der Waals surface area contributed by atoms with Gasteiger partial charge in [0.2, 0.25) is 5.91 Å². The summed E-state index contributed by atoms with van der Waals surface area (Å²) in [6, 6.07) is 17.7. The molecular weight excluding hydrogens is 388 g/mol. The van der Waals surface area contributed by atoms with Gasteiger partial charge in [0.25, 0.3) is 5.91 Å². The molecule has 5 nitrogen and oxygen atoms in total. The normalized spacial score (nSPS) is 20.7. The topological polar surface area (TPSA) is 49.9 Å². The predicted octanol–water partition coefficient (Wildman–Crippen LogP) is 4.17. The Balaban J connectivity index is 1.63. The van der Waals surface area contributed by atoms with Gasteiger partial charge in [-0.05, 0) is 56.2 Å². The van der Waals surface area contributed by atoms with Crippen molar-refractivity contribution in [2.75, 3.05) is 26.7 Å². The predicted molar refractivity (Wildman–Crippen MR) is 121 cm³/mol. The molecule has 0 N–H and O–H groups in total. The summed E-state index contributed by atoms with van der Waals surface area (Å²) in [6.45, 7) is 1.83. The molecule has 2 aliphatic rings. The number of para-hydroxylation sites is 1. The van der Waals surface area contributed by atoms with Crippen LogP contribution in [0.1, 0.15) is 48.0 Å². The highest BCUT2D eigenvalue weighted by atomic mass is 16.5. The molecule has 2 aromatic rings. The van der Waals surface area contributed by atoms with E-state index in [-0.39, 0.29) is 23.8 Å². The van der Waals surface area contributed by atoms with Gasteiger partial charge < -0.3 is 14.5 Å². The molecule has 4 rings (SSSR count). The SMILES string of the molecule is CN1CCCCCN(C(=O)C2CC2)[C@@H](Cc2ccccc2)COc2ccccc2C1=O. The number of carbonyl (C=O) groups excluding carboxylic acids is 2. The molecule has 1 aliphatic heterocycles. The molecule has 0 radical (unpaired) electrons. The van der Waals surface area contributed by atoms with Gasteiger partial charge in [0.05, 0.1) is 11.6 Å². The van der Waals surface area contributed by atoms with Crippen LogP contribution in [0.3, 0.4) is 0 Å². The summed E-state index contributed by atoms with van der Waals surface area (Å²) in [6.07, 6.45) is 5.60. The molecule has 5 heteroatoms. The van der Waals surface area contributed by atoms with Crippen LogP contribution < -0.4 is 4.74 Å². The maximum atomic E-state index is 13.2. The lowest BCUT2D eigenvalue weighted by molar-refractivity contribution is -0.135. The standard InChI is InChI=1S/C26H32N2O3/c1-27-16-8-3-9-17-28(25(29)21-14-15-21)22(18-20-10-4-2-5-11-20)19-31-24-13-7-6-12-23(24)26(27)30/h2,4-7,10-13,21-22H,3,8-9,14-19H2,1H3/t22-/m0/s1. The van der Waals surface area contributed by atoms with Gasteiger partial charge in [-0.2, -0.15) is 0 Å². The molecule has 0 saturated heterocycles. The average Bonchev–Trinajstić information content (AvgIpc) is 3.64. The largest absolute Gasteiger partial charge is 0.491 e. The third-order valence-corrected chi connectivity index (χ3v) is 6.25. The van der Waals surface area contributed by atoms with E-state index in [1.807, 2.05) is 49.5 Å². The van der Waals surface area contributed by atoms with Crippen LogP contribution in [0.15, 0.2) is 54.6 Å². The summed E-state index contributed by atoms with van der Waals surface area (Å²) in [5.74, 6) is 1.02. The van der Waals surface area contributed by atoms with Crippen LogP contribution in [0.2, 0.25) is 0 Å². The maximum absolute atomic E-state index is 13.2. The second kappa shape index (κ2) is 9.99. The fraction of sp³-hybridized carbons (Fsp3) is 0.462. The third kappa shape index (κ3) is 5.46. The molecule has 164 valence electrons. The summed E-state index contributed by atoms with van der Waals surface area (Å²) < 4.78 is 6.24. The van der Waals surface area contributed by atoms with Crippen LogP contribution in [0, 0.1) is 5.92 Å². The first-order valence-electron chi connectivity index (χ1n) is 11.4. The Morgan fingerprint density at radius 2 is 1.68 bits per heavy atom. The monoisotopic (exact) mass is 420 g/mol. The van der Waals surface area contributed by atoms with Crippen molar-refractivity contribution in [3.05, 3.63) is 65.7 Å². The third-order valence-electron chi connectivity index (χ3n) is 6.25. The quantitative estimate of drug-likeness (QED) is 0.749. The number of rotatable bonds is 3. The van der Waals surface area contributed by atoms with Crippen LogP contribution in [0.25, 0.3) is 0 Å². The van der Waals surface area contributed by atoms with E-state index in [0.29, 0.717) is 24.5 Å². The van der Waals surface area contributed by atoms with E-state index in [0.717, 1.165) is 45.1 Å². The Labute approximate surface area is 185 Å². The Bertz CT molecular complexity index is 895. The van der Waals surface area contributed by atoms with Crippen molar-refractivity contribution in [3.8, 4) is 5.75 Å². The Morgan fingerprint density at radius 1 is 0.968 bits per heavy atom. The van der Waals surface area contributed by atoms with Gasteiger partial charge in [0.1, 0.15) is 12.4 Å². The summed E-state index contributed by atoms with van der Waals surface area (Å²) >= 11 is 0. The second-order valence-corrected chi connectivity index (χ2v) is 8.74. The van der Waals surface area contributed by atoms with Crippen LogP contribution in [0.4, 0.5) is 0 Å². The Hall–Kier alpha value is -2.82. The molecule has 0 spiro atoms. The minimum Gasteiger partial charge on any atom is -0.491 e. The summed E-state index contributed by atoms with van der Waals surface area (Å²) in [7, 11) is 1.85. The zero-order valence-electron chi connectivity index (χ0n) is 18.3. The molecular formula is C26H32N2O3. The van der Waals surface area contributed by atoms with Crippen LogP contribution >= 0.6 is 0 Å². The highest BCUT2D eigenvalue weighted by Gasteiger charge is 2.36. The van der Waals surface area contributed by atoms with E-state index in [1.54, 1.807) is 4.90 Å². The number of carbonyl (C=O) groups is 2. The Kier molecular flexibility index (Phi) is 6.90. The number of hydrogen-bond acceptors (Lipinski definition) is 3. The molecule has 1 atom stereocenters. The minimum absolute atomic E-state index is 0.0135. The number of amides is 2. The zero-order valence-corrected chi connectivity index (χ0v) is 18.3. The van der Waals surface area contributed by atoms with Gasteiger partial charge in [-0.25, -0.2) is 0 Å². The summed E-state index contributed by atoms with van der Waals surface area (Å²) in [5, 5.41) is 0. The first-order valence-corrected chi connectivity index (χ1v) is 11.4. The van der Waals surface area contributed by atoms with Crippen LogP contribution in [0.5, 0.6) is 5.75 Å². The molecule has 0 aromatic heterocycles. The minimum atomic E-state index is -0.0582. The van der Waals surface area contributed by atoms with Crippen LogP contribution in [-0.4, -0.2) is 54.4 Å². The van der Waals surface area contributed by atoms with E-state index >= 15 is 0 Å². The molecule has 0 bridgehead atoms. The molecule has 1 heterocycles. The molecule has 1 saturated carbocycles. The number of nitrogens with zero attached hydrogens (tertiary/aromatic N) is 2. The van der Waals surface area contributed by atoms with Crippen molar-refractivity contribution in [1.29, 1.82) is 0 Å². The van der Waals surface area contributed by atoms with Crippen molar-refractivity contribution >= 4 is 11.8 Å². The van der Waals surface area contributed by atoms with Gasteiger partial charge in [-0.1, -0.05) is 42.5 Å². The van der Waals surface area contributed by atoms with Crippen molar-refractivity contribution in [2.24, 2.45) is 5.92 Å². The van der Waals surface area contributed by atoms with E-state index in [4.69, 9.17) is 4.74 Å². The molecule has 2 amide bonds. The lowest BCUT2D eigenvalue weighted by Gasteiger charge is -2.32. The van der Waals surface area contributed by atoms with Gasteiger partial charge in [-0.3, -0.25) is 9.59 Å². The molecule has 1 aliphatic carbocycles. The highest BCUT2D eigenvalue weighted by molar-refractivity contribution is 5.96. The van der Waals surface area contributed by atoms with E-state index in [9.17, 15) is 9.59 Å². The zero-order chi connectivity index (χ0) is 21.6. The smallest absolute Gasteiger partial charge is 0.257 e. The summed E-state index contributed by atoms with van der Waals surface area (Å²) in [5.41, 5.74) is 1.78. The van der Waals surface area contributed by atoms with Gasteiger partial charge >= 0.3 is 0 Å². The number of hydrogen-bond donors (Lipinski definition) is 0. The van der Waals surface area contributed by atoms with Gasteiger partial charge in [-0.15, -0.1) is 0 Å². The van der Waals surface area contributed by atoms with E-state index in [2.05, 4.69) is 17.0 Å². The molecule has 0 unspecified atom stereocenters. The van der Waals surface area contributed by atoms with Crippen molar-refractivity contribution in [3.63, 3.8) is 0 Å². The lowest BCUT2D eigenvalue weighted by atomic mass is 10.0. The van der Waals surface area contributed by atoms with Crippen molar-refractivity contribution in [1.82, 2.24) is 9.80 Å². The second-order valence-electron chi connectivity index (χ2n) is 8.74. The molecule has 1 fully saturated rings. The molecule has 2 aromatic carbocycles. The number of benzene rings is 2. The van der Waals surface area contributed by atoms with Gasteiger partial charge in [0.15, 0.2) is 0 Å². The summed E-state index contributed by atoms with van der Waals surface area (Å²) in [4.78, 5) is 30.0. The van der Waals surface area contributed by atoms with Crippen LogP contribution in [-0.2, 0) is 11.2 Å². The fourth-order valence-corrected chi connectivity index (χ4v) is 4.25. The van der Waals surface area contributed by atoms with E-state index in [1.165, 1.54) is 5.56 Å². The number of fused-ring (bicyclic) bond motifs is 1.